The molecule has 2 rings (SSSR count). The molecule has 0 unspecified atom stereocenters. The van der Waals surface area contributed by atoms with E-state index in [1.807, 2.05) is 43.3 Å². The summed E-state index contributed by atoms with van der Waals surface area (Å²) in [6.07, 6.45) is 4.95. The van der Waals surface area contributed by atoms with Crippen LogP contribution in [0.1, 0.15) is 5.56 Å². The summed E-state index contributed by atoms with van der Waals surface area (Å²) in [6, 6.07) is 10.1. The molecular weight excluding hydrogens is 224 g/mol. The Hall–Kier alpha value is -2.16. The van der Waals surface area contributed by atoms with Gasteiger partial charge in [-0.2, -0.15) is 0 Å². The molecule has 1 aromatic carbocycles. The van der Waals surface area contributed by atoms with Crippen LogP contribution in [0.5, 0.6) is 0 Å². The number of aldehydes is 1. The Morgan fingerprint density at radius 3 is 2.44 bits per heavy atom. The zero-order valence-corrected chi connectivity index (χ0v) is 10.6. The lowest BCUT2D eigenvalue weighted by molar-refractivity contribution is -0.107. The molecule has 0 amide bonds. The fourth-order valence-electron chi connectivity index (χ4n) is 1.97. The highest BCUT2D eigenvalue weighted by atomic mass is 16.1. The van der Waals surface area contributed by atoms with E-state index in [2.05, 4.69) is 11.1 Å². The van der Waals surface area contributed by atoms with Crippen LogP contribution in [0, 0.1) is 0 Å². The van der Waals surface area contributed by atoms with Gasteiger partial charge in [0.2, 0.25) is 0 Å². The van der Waals surface area contributed by atoms with Gasteiger partial charge < -0.3 is 9.69 Å². The van der Waals surface area contributed by atoms with Gasteiger partial charge in [-0.25, -0.2) is 0 Å². The van der Waals surface area contributed by atoms with E-state index in [1.165, 1.54) is 0 Å². The van der Waals surface area contributed by atoms with E-state index in [0.29, 0.717) is 6.42 Å². The molecule has 0 bridgehead atoms. The van der Waals surface area contributed by atoms with Gasteiger partial charge in [-0.3, -0.25) is 4.98 Å². The quantitative estimate of drug-likeness (QED) is 0.770. The normalized spacial score (nSPS) is 10.1. The smallest absolute Gasteiger partial charge is 0.124 e. The Balaban J connectivity index is 2.46. The summed E-state index contributed by atoms with van der Waals surface area (Å²) >= 11 is 0. The lowest BCUT2D eigenvalue weighted by atomic mass is 10.0. The predicted octanol–water partition coefficient (Wildman–Crippen LogP) is 2.56. The number of hydrogen-bond donors (Lipinski definition) is 0. The van der Waals surface area contributed by atoms with E-state index >= 15 is 0 Å². The molecule has 3 nitrogen and oxygen atoms in total. The topological polar surface area (TPSA) is 33.2 Å². The van der Waals surface area contributed by atoms with E-state index in [4.69, 9.17) is 0 Å². The number of aromatic nitrogens is 1. The van der Waals surface area contributed by atoms with Gasteiger partial charge in [0.15, 0.2) is 0 Å². The maximum absolute atomic E-state index is 10.7. The third-order valence-electron chi connectivity index (χ3n) is 2.88. The van der Waals surface area contributed by atoms with Crippen LogP contribution >= 0.6 is 0 Å². The van der Waals surface area contributed by atoms with Crippen molar-refractivity contribution in [2.75, 3.05) is 19.0 Å². The molecule has 92 valence electrons. The van der Waals surface area contributed by atoms with Crippen molar-refractivity contribution in [1.29, 1.82) is 0 Å². The van der Waals surface area contributed by atoms with E-state index < -0.39 is 0 Å². The summed E-state index contributed by atoms with van der Waals surface area (Å²) in [6.45, 7) is 0. The van der Waals surface area contributed by atoms with Crippen molar-refractivity contribution in [3.8, 4) is 11.1 Å². The van der Waals surface area contributed by atoms with E-state index in [-0.39, 0.29) is 0 Å². The molecule has 0 atom stereocenters. The molecule has 2 aromatic rings. The minimum Gasteiger partial charge on any atom is -0.377 e. The molecule has 0 aliphatic rings. The summed E-state index contributed by atoms with van der Waals surface area (Å²) in [4.78, 5) is 16.7. The molecule has 0 aliphatic heterocycles. The summed E-state index contributed by atoms with van der Waals surface area (Å²) < 4.78 is 0. The first-order chi connectivity index (χ1) is 8.72. The largest absolute Gasteiger partial charge is 0.377 e. The fourth-order valence-corrected chi connectivity index (χ4v) is 1.97. The second-order valence-electron chi connectivity index (χ2n) is 4.34. The Labute approximate surface area is 107 Å². The molecule has 0 saturated heterocycles. The molecule has 0 N–H and O–H groups in total. The summed E-state index contributed by atoms with van der Waals surface area (Å²) in [7, 11) is 3.97. The molecule has 1 heterocycles. The van der Waals surface area contributed by atoms with Crippen molar-refractivity contribution in [1.82, 2.24) is 4.98 Å². The van der Waals surface area contributed by atoms with E-state index in [0.717, 1.165) is 28.7 Å². The van der Waals surface area contributed by atoms with Crippen LogP contribution < -0.4 is 4.90 Å². The highest BCUT2D eigenvalue weighted by molar-refractivity contribution is 5.72. The minimum atomic E-state index is 0.449. The van der Waals surface area contributed by atoms with Gasteiger partial charge in [0.05, 0.1) is 0 Å². The molecular formula is C15H16N2O. The van der Waals surface area contributed by atoms with Crippen LogP contribution in [0.15, 0.2) is 42.7 Å². The van der Waals surface area contributed by atoms with Crippen LogP contribution in [-0.2, 0) is 11.2 Å². The molecule has 0 radical (unpaired) electrons. The molecule has 0 aliphatic carbocycles. The molecule has 1 aromatic heterocycles. The van der Waals surface area contributed by atoms with Gasteiger partial charge in [-0.05, 0) is 34.9 Å². The second-order valence-corrected chi connectivity index (χ2v) is 4.34. The number of hydrogen-bond acceptors (Lipinski definition) is 3. The lowest BCUT2D eigenvalue weighted by Gasteiger charge is -2.18. The maximum atomic E-state index is 10.7. The SMILES string of the molecule is CN(C)c1cc(-c2ccncc2)ccc1CC=O. The second kappa shape index (κ2) is 5.45. The summed E-state index contributed by atoms with van der Waals surface area (Å²) in [5.74, 6) is 0. The first-order valence-electron chi connectivity index (χ1n) is 5.86. The number of carbonyl (C=O) groups excluding carboxylic acids is 1. The standard InChI is InChI=1S/C15H16N2O/c1-17(2)15-11-14(4-3-13(15)7-10-18)12-5-8-16-9-6-12/h3-6,8-11H,7H2,1-2H3. The number of nitrogens with zero attached hydrogens (tertiary/aromatic N) is 2. The van der Waals surface area contributed by atoms with Crippen LogP contribution in [0.2, 0.25) is 0 Å². The van der Waals surface area contributed by atoms with Crippen LogP contribution in [0.4, 0.5) is 5.69 Å². The van der Waals surface area contributed by atoms with Crippen LogP contribution in [0.25, 0.3) is 11.1 Å². The Morgan fingerprint density at radius 1 is 1.11 bits per heavy atom. The zero-order chi connectivity index (χ0) is 13.0. The Kier molecular flexibility index (Phi) is 3.72. The predicted molar refractivity (Wildman–Crippen MR) is 73.8 cm³/mol. The summed E-state index contributed by atoms with van der Waals surface area (Å²) in [5, 5.41) is 0. The first-order valence-corrected chi connectivity index (χ1v) is 5.86. The maximum Gasteiger partial charge on any atom is 0.124 e. The Morgan fingerprint density at radius 2 is 1.83 bits per heavy atom. The molecule has 0 saturated carbocycles. The van der Waals surface area contributed by atoms with Gasteiger partial charge in [0.1, 0.15) is 6.29 Å². The van der Waals surface area contributed by atoms with Crippen molar-refractivity contribution in [2.24, 2.45) is 0 Å². The molecule has 0 spiro atoms. The third-order valence-corrected chi connectivity index (χ3v) is 2.88. The van der Waals surface area contributed by atoms with Gasteiger partial charge >= 0.3 is 0 Å². The van der Waals surface area contributed by atoms with Gasteiger partial charge in [-0.15, -0.1) is 0 Å². The van der Waals surface area contributed by atoms with E-state index in [9.17, 15) is 4.79 Å². The van der Waals surface area contributed by atoms with Crippen molar-refractivity contribution < 1.29 is 4.79 Å². The zero-order valence-electron chi connectivity index (χ0n) is 10.6. The van der Waals surface area contributed by atoms with E-state index in [1.54, 1.807) is 12.4 Å². The Bertz CT molecular complexity index is 535. The van der Waals surface area contributed by atoms with Crippen molar-refractivity contribution >= 4 is 12.0 Å². The highest BCUT2D eigenvalue weighted by Gasteiger charge is 2.06. The molecule has 18 heavy (non-hydrogen) atoms. The molecule has 0 fully saturated rings. The average molecular weight is 240 g/mol. The van der Waals surface area contributed by atoms with Crippen LogP contribution in [-0.4, -0.2) is 25.4 Å². The lowest BCUT2D eigenvalue weighted by Crippen LogP contribution is -2.11. The number of anilines is 1. The first kappa shape index (κ1) is 12.3. The summed E-state index contributed by atoms with van der Waals surface area (Å²) in [5.41, 5.74) is 4.39. The average Bonchev–Trinajstić information content (AvgIpc) is 2.40. The van der Waals surface area contributed by atoms with Gasteiger partial charge in [0, 0.05) is 38.6 Å². The number of rotatable bonds is 4. The van der Waals surface area contributed by atoms with Crippen molar-refractivity contribution in [3.63, 3.8) is 0 Å². The molecule has 3 heteroatoms. The fraction of sp³-hybridized carbons (Fsp3) is 0.200. The number of carbonyl (C=O) groups is 1. The number of benzene rings is 1. The van der Waals surface area contributed by atoms with Gasteiger partial charge in [-0.1, -0.05) is 12.1 Å². The third kappa shape index (κ3) is 2.56. The van der Waals surface area contributed by atoms with Gasteiger partial charge in [0.25, 0.3) is 0 Å². The highest BCUT2D eigenvalue weighted by Crippen LogP contribution is 2.27. The van der Waals surface area contributed by atoms with Crippen molar-refractivity contribution in [2.45, 2.75) is 6.42 Å². The number of pyridine rings is 1. The van der Waals surface area contributed by atoms with Crippen LogP contribution in [0.3, 0.4) is 0 Å². The monoisotopic (exact) mass is 240 g/mol. The minimum absolute atomic E-state index is 0.449. The van der Waals surface area contributed by atoms with Crippen molar-refractivity contribution in [3.05, 3.63) is 48.3 Å².